The lowest BCUT2D eigenvalue weighted by Crippen LogP contribution is -2.17. The first-order chi connectivity index (χ1) is 15.0. The van der Waals surface area contributed by atoms with Gasteiger partial charge in [0.15, 0.2) is 11.5 Å². The lowest BCUT2D eigenvalue weighted by atomic mass is 10.2. The summed E-state index contributed by atoms with van der Waals surface area (Å²) in [4.78, 5) is 24.5. The summed E-state index contributed by atoms with van der Waals surface area (Å²) < 4.78 is 15.9. The summed E-state index contributed by atoms with van der Waals surface area (Å²) in [6, 6.07) is 17.4. The Hall–Kier alpha value is -4.33. The molecule has 0 radical (unpaired) electrons. The Kier molecular flexibility index (Phi) is 6.85. The average Bonchev–Trinajstić information content (AvgIpc) is 2.80. The largest absolute Gasteiger partial charge is 0.508 e. The Balaban J connectivity index is 1.69. The van der Waals surface area contributed by atoms with Crippen LogP contribution in [-0.4, -0.2) is 37.4 Å². The number of phenols is 1. The molecule has 0 spiro atoms. The van der Waals surface area contributed by atoms with Crippen molar-refractivity contribution in [1.29, 1.82) is 0 Å². The van der Waals surface area contributed by atoms with Gasteiger partial charge in [0.1, 0.15) is 17.1 Å². The summed E-state index contributed by atoms with van der Waals surface area (Å²) in [5, 5.41) is 13.2. The van der Waals surface area contributed by atoms with Crippen molar-refractivity contribution in [2.45, 2.75) is 0 Å². The van der Waals surface area contributed by atoms with Crippen LogP contribution >= 0.6 is 0 Å². The summed E-state index contributed by atoms with van der Waals surface area (Å²) in [6.07, 6.45) is 1.42. The van der Waals surface area contributed by atoms with Gasteiger partial charge in [-0.15, -0.1) is 0 Å². The first kappa shape index (κ1) is 21.4. The van der Waals surface area contributed by atoms with Crippen molar-refractivity contribution in [3.8, 4) is 23.0 Å². The van der Waals surface area contributed by atoms with Crippen LogP contribution in [0.25, 0.3) is 0 Å². The van der Waals surface area contributed by atoms with Gasteiger partial charge < -0.3 is 19.3 Å². The van der Waals surface area contributed by atoms with Crippen molar-refractivity contribution in [2.75, 3.05) is 14.2 Å². The van der Waals surface area contributed by atoms with Gasteiger partial charge >= 0.3 is 5.97 Å². The molecule has 0 saturated heterocycles. The number of rotatable bonds is 7. The fourth-order valence-corrected chi connectivity index (χ4v) is 2.66. The lowest BCUT2D eigenvalue weighted by Gasteiger charge is -2.11. The van der Waals surface area contributed by atoms with E-state index in [-0.39, 0.29) is 17.1 Å². The molecule has 8 heteroatoms. The van der Waals surface area contributed by atoms with Crippen LogP contribution in [0.4, 0.5) is 0 Å². The number of nitrogens with one attached hydrogen (secondary N) is 1. The molecule has 0 atom stereocenters. The van der Waals surface area contributed by atoms with Gasteiger partial charge in [-0.05, 0) is 60.2 Å². The van der Waals surface area contributed by atoms with E-state index in [0.29, 0.717) is 22.6 Å². The minimum atomic E-state index is -0.585. The second-order valence-corrected chi connectivity index (χ2v) is 6.25. The van der Waals surface area contributed by atoms with Crippen molar-refractivity contribution in [1.82, 2.24) is 5.43 Å². The van der Waals surface area contributed by atoms with Gasteiger partial charge in [-0.1, -0.05) is 12.1 Å². The predicted molar refractivity (Wildman–Crippen MR) is 114 cm³/mol. The molecule has 158 valence electrons. The number of methoxy groups -OCH3 is 2. The summed E-state index contributed by atoms with van der Waals surface area (Å²) in [7, 11) is 2.92. The van der Waals surface area contributed by atoms with E-state index in [1.807, 2.05) is 0 Å². The molecule has 8 nitrogen and oxygen atoms in total. The molecule has 31 heavy (non-hydrogen) atoms. The number of nitrogens with zero attached hydrogens (tertiary/aromatic N) is 1. The zero-order valence-corrected chi connectivity index (χ0v) is 16.9. The Morgan fingerprint density at radius 1 is 0.903 bits per heavy atom. The van der Waals surface area contributed by atoms with Crippen LogP contribution < -0.4 is 19.6 Å². The highest BCUT2D eigenvalue weighted by atomic mass is 16.6. The molecule has 0 heterocycles. The molecule has 0 unspecified atom stereocenters. The minimum absolute atomic E-state index is 0.0682. The number of hydrazone groups is 1. The van der Waals surface area contributed by atoms with Crippen LogP contribution in [0.2, 0.25) is 0 Å². The molecule has 0 saturated carbocycles. The van der Waals surface area contributed by atoms with Gasteiger partial charge in [-0.2, -0.15) is 5.10 Å². The first-order valence-corrected chi connectivity index (χ1v) is 9.17. The predicted octanol–water partition coefficient (Wildman–Crippen LogP) is 3.39. The van der Waals surface area contributed by atoms with E-state index in [2.05, 4.69) is 10.5 Å². The fourth-order valence-electron chi connectivity index (χ4n) is 2.66. The molecule has 1 amide bonds. The molecule has 2 N–H and O–H groups in total. The second kappa shape index (κ2) is 9.93. The molecule has 0 bridgehead atoms. The standard InChI is InChI=1S/C23H20N2O6/c1-29-19-6-4-3-5-18(19)23(28)31-20-12-7-15(13-21(20)30-2)14-24-25-22(27)16-8-10-17(26)11-9-16/h3-14,26H,1-2H3,(H,25,27). The third-order valence-electron chi connectivity index (χ3n) is 4.23. The van der Waals surface area contributed by atoms with Gasteiger partial charge in [0, 0.05) is 5.56 Å². The van der Waals surface area contributed by atoms with E-state index >= 15 is 0 Å². The molecule has 3 aromatic carbocycles. The maximum atomic E-state index is 12.5. The molecular weight excluding hydrogens is 400 g/mol. The van der Waals surface area contributed by atoms with Gasteiger partial charge in [0.25, 0.3) is 5.91 Å². The van der Waals surface area contributed by atoms with Crippen LogP contribution in [0.15, 0.2) is 71.8 Å². The van der Waals surface area contributed by atoms with E-state index in [4.69, 9.17) is 14.2 Å². The highest BCUT2D eigenvalue weighted by molar-refractivity contribution is 5.95. The number of aromatic hydroxyl groups is 1. The molecule has 0 aliphatic heterocycles. The van der Waals surface area contributed by atoms with Crippen molar-refractivity contribution in [3.05, 3.63) is 83.4 Å². The Bertz CT molecular complexity index is 1110. The summed E-state index contributed by atoms with van der Waals surface area (Å²) >= 11 is 0. The van der Waals surface area contributed by atoms with E-state index in [1.165, 1.54) is 44.7 Å². The molecular formula is C23H20N2O6. The number of hydrogen-bond acceptors (Lipinski definition) is 7. The van der Waals surface area contributed by atoms with Crippen molar-refractivity contribution < 1.29 is 28.9 Å². The number of hydrogen-bond donors (Lipinski definition) is 2. The van der Waals surface area contributed by atoms with Crippen molar-refractivity contribution in [2.24, 2.45) is 5.10 Å². The van der Waals surface area contributed by atoms with E-state index in [1.54, 1.807) is 42.5 Å². The second-order valence-electron chi connectivity index (χ2n) is 6.25. The Morgan fingerprint density at radius 3 is 2.32 bits per heavy atom. The highest BCUT2D eigenvalue weighted by Gasteiger charge is 2.16. The van der Waals surface area contributed by atoms with Gasteiger partial charge in [0.05, 0.1) is 20.4 Å². The Morgan fingerprint density at radius 2 is 1.61 bits per heavy atom. The van der Waals surface area contributed by atoms with Gasteiger partial charge in [-0.25, -0.2) is 10.2 Å². The zero-order valence-electron chi connectivity index (χ0n) is 16.9. The third kappa shape index (κ3) is 5.39. The van der Waals surface area contributed by atoms with Gasteiger partial charge in [-0.3, -0.25) is 4.79 Å². The number of ether oxygens (including phenoxy) is 3. The van der Waals surface area contributed by atoms with Crippen LogP contribution in [0, 0.1) is 0 Å². The van der Waals surface area contributed by atoms with Crippen LogP contribution in [-0.2, 0) is 0 Å². The highest BCUT2D eigenvalue weighted by Crippen LogP contribution is 2.29. The number of phenolic OH excluding ortho intramolecular Hbond substituents is 1. The number of carbonyl (C=O) groups is 2. The topological polar surface area (TPSA) is 106 Å². The quantitative estimate of drug-likeness (QED) is 0.263. The number of para-hydroxylation sites is 1. The molecule has 0 aliphatic rings. The normalized spacial score (nSPS) is 10.5. The lowest BCUT2D eigenvalue weighted by molar-refractivity contribution is 0.0726. The summed E-state index contributed by atoms with van der Waals surface area (Å²) in [5.41, 5.74) is 3.64. The van der Waals surface area contributed by atoms with Gasteiger partial charge in [0.2, 0.25) is 0 Å². The SMILES string of the molecule is COc1cc(C=NNC(=O)c2ccc(O)cc2)ccc1OC(=O)c1ccccc1OC. The summed E-state index contributed by atoms with van der Waals surface area (Å²) in [5.74, 6) is 0.00267. The third-order valence-corrected chi connectivity index (χ3v) is 4.23. The van der Waals surface area contributed by atoms with Crippen LogP contribution in [0.5, 0.6) is 23.0 Å². The van der Waals surface area contributed by atoms with Crippen molar-refractivity contribution in [3.63, 3.8) is 0 Å². The molecule has 0 aliphatic carbocycles. The monoisotopic (exact) mass is 420 g/mol. The Labute approximate surface area is 178 Å². The first-order valence-electron chi connectivity index (χ1n) is 9.17. The fraction of sp³-hybridized carbons (Fsp3) is 0.0870. The maximum absolute atomic E-state index is 12.5. The molecule has 0 fully saturated rings. The maximum Gasteiger partial charge on any atom is 0.347 e. The average molecular weight is 420 g/mol. The number of carbonyl (C=O) groups excluding carboxylic acids is 2. The van der Waals surface area contributed by atoms with E-state index in [0.717, 1.165) is 0 Å². The number of amides is 1. The molecule has 3 aromatic rings. The van der Waals surface area contributed by atoms with E-state index < -0.39 is 11.9 Å². The number of esters is 1. The van der Waals surface area contributed by atoms with Crippen molar-refractivity contribution >= 4 is 18.1 Å². The smallest absolute Gasteiger partial charge is 0.347 e. The minimum Gasteiger partial charge on any atom is -0.508 e. The van der Waals surface area contributed by atoms with E-state index in [9.17, 15) is 14.7 Å². The zero-order chi connectivity index (χ0) is 22.2. The summed E-state index contributed by atoms with van der Waals surface area (Å²) in [6.45, 7) is 0. The molecule has 0 aromatic heterocycles. The molecule has 3 rings (SSSR count). The number of benzene rings is 3. The van der Waals surface area contributed by atoms with Crippen LogP contribution in [0.3, 0.4) is 0 Å². The van der Waals surface area contributed by atoms with Crippen LogP contribution in [0.1, 0.15) is 26.3 Å².